The number of hydrogen-bond donors (Lipinski definition) is 1. The van der Waals surface area contributed by atoms with Crippen molar-refractivity contribution >= 4 is 11.3 Å². The van der Waals surface area contributed by atoms with Crippen LogP contribution in [0.3, 0.4) is 0 Å². The summed E-state index contributed by atoms with van der Waals surface area (Å²) in [6, 6.07) is 10.6. The summed E-state index contributed by atoms with van der Waals surface area (Å²) in [4.78, 5) is 9.19. The first-order valence-corrected chi connectivity index (χ1v) is 7.40. The van der Waals surface area contributed by atoms with Crippen molar-refractivity contribution in [2.45, 2.75) is 6.04 Å². The van der Waals surface area contributed by atoms with Crippen LogP contribution in [0.4, 0.5) is 5.69 Å². The Kier molecular flexibility index (Phi) is 2.27. The third kappa shape index (κ3) is 1.51. The molecule has 0 amide bonds. The van der Waals surface area contributed by atoms with Gasteiger partial charge in [0.05, 0.1) is 17.1 Å². The molecular formula is C19H13N3. The number of aromatic nitrogens is 1. The zero-order valence-electron chi connectivity index (χ0n) is 11.8. The molecule has 1 aromatic heterocycles. The van der Waals surface area contributed by atoms with Crippen molar-refractivity contribution in [1.29, 1.82) is 0 Å². The molecule has 104 valence electrons. The molecule has 1 unspecified atom stereocenters. The van der Waals surface area contributed by atoms with E-state index in [0.29, 0.717) is 0 Å². The monoisotopic (exact) mass is 283 g/mol. The maximum atomic E-state index is 4.89. The second kappa shape index (κ2) is 4.28. The van der Waals surface area contributed by atoms with E-state index in [9.17, 15) is 0 Å². The molecular weight excluding hydrogens is 270 g/mol. The summed E-state index contributed by atoms with van der Waals surface area (Å²) in [5, 5.41) is 5.74. The zero-order valence-corrected chi connectivity index (χ0v) is 11.8. The molecule has 3 heteroatoms. The van der Waals surface area contributed by atoms with Crippen molar-refractivity contribution in [3.05, 3.63) is 94.4 Å². The fourth-order valence-corrected chi connectivity index (χ4v) is 3.35. The molecule has 0 spiro atoms. The molecule has 1 aliphatic carbocycles. The predicted molar refractivity (Wildman–Crippen MR) is 86.7 cm³/mol. The van der Waals surface area contributed by atoms with E-state index in [2.05, 4.69) is 58.9 Å². The summed E-state index contributed by atoms with van der Waals surface area (Å²) in [6.45, 7) is 0. The summed E-state index contributed by atoms with van der Waals surface area (Å²) >= 11 is 0. The smallest absolute Gasteiger partial charge is 0.0779 e. The summed E-state index contributed by atoms with van der Waals surface area (Å²) < 4.78 is 0. The van der Waals surface area contributed by atoms with Crippen LogP contribution in [0.25, 0.3) is 5.57 Å². The van der Waals surface area contributed by atoms with E-state index in [1.807, 2.05) is 12.3 Å². The Morgan fingerprint density at radius 1 is 1.05 bits per heavy atom. The number of pyridine rings is 1. The Morgan fingerprint density at radius 2 is 2.00 bits per heavy atom. The van der Waals surface area contributed by atoms with Crippen molar-refractivity contribution < 1.29 is 0 Å². The fraction of sp³-hybridized carbons (Fsp3) is 0.0526. The van der Waals surface area contributed by atoms with E-state index >= 15 is 0 Å². The second-order valence-electron chi connectivity index (χ2n) is 5.60. The highest BCUT2D eigenvalue weighted by Gasteiger charge is 2.28. The van der Waals surface area contributed by atoms with E-state index in [0.717, 1.165) is 22.0 Å². The Hall–Kier alpha value is -2.94. The van der Waals surface area contributed by atoms with Gasteiger partial charge in [-0.25, -0.2) is 4.99 Å². The third-order valence-electron chi connectivity index (χ3n) is 4.34. The van der Waals surface area contributed by atoms with Crippen LogP contribution < -0.4 is 15.9 Å². The lowest BCUT2D eigenvalue weighted by Gasteiger charge is -2.18. The lowest BCUT2D eigenvalue weighted by molar-refractivity contribution is 1.03. The summed E-state index contributed by atoms with van der Waals surface area (Å²) in [7, 11) is 0. The van der Waals surface area contributed by atoms with Crippen LogP contribution in [0.1, 0.15) is 5.56 Å². The molecule has 0 saturated heterocycles. The van der Waals surface area contributed by atoms with Crippen LogP contribution in [0.2, 0.25) is 0 Å². The van der Waals surface area contributed by atoms with Crippen LogP contribution in [0.5, 0.6) is 0 Å². The van der Waals surface area contributed by atoms with Crippen molar-refractivity contribution in [2.24, 2.45) is 4.99 Å². The minimum absolute atomic E-state index is 0.157. The molecule has 2 aliphatic heterocycles. The second-order valence-corrected chi connectivity index (χ2v) is 5.60. The number of nitrogens with zero attached hydrogens (tertiary/aromatic N) is 2. The Bertz CT molecular complexity index is 1010. The highest BCUT2D eigenvalue weighted by Crippen LogP contribution is 2.37. The average Bonchev–Trinajstić information content (AvgIpc) is 2.89. The molecule has 22 heavy (non-hydrogen) atoms. The number of fused-ring (bicyclic) bond motifs is 5. The molecule has 0 saturated carbocycles. The normalized spacial score (nSPS) is 20.4. The standard InChI is InChI=1S/C19H13N3/c1-3-7-15-12(5-1)18-14-11-20-10-9-17(14)22-19(18)13-6-2-4-8-16(13)21-15/h1-11,16,21H. The highest BCUT2D eigenvalue weighted by atomic mass is 14.9. The van der Waals surface area contributed by atoms with E-state index in [1.54, 1.807) is 6.20 Å². The highest BCUT2D eigenvalue weighted by molar-refractivity contribution is 5.89. The molecule has 0 radical (unpaired) electrons. The van der Waals surface area contributed by atoms with Gasteiger partial charge in [-0.2, -0.15) is 0 Å². The Balaban J connectivity index is 1.97. The van der Waals surface area contributed by atoms with Crippen LogP contribution >= 0.6 is 0 Å². The van der Waals surface area contributed by atoms with Crippen molar-refractivity contribution in [1.82, 2.24) is 4.98 Å². The SMILES string of the molecule is C1=CC2=C3N=c4ccncc4=C3c3ccccc3NC2C=C1. The summed E-state index contributed by atoms with van der Waals surface area (Å²) in [6.07, 6.45) is 12.2. The summed E-state index contributed by atoms with van der Waals surface area (Å²) in [5.74, 6) is 0. The van der Waals surface area contributed by atoms with Gasteiger partial charge >= 0.3 is 0 Å². The van der Waals surface area contributed by atoms with Gasteiger partial charge in [0.15, 0.2) is 0 Å². The Labute approximate surface area is 127 Å². The first-order chi connectivity index (χ1) is 10.9. The van der Waals surface area contributed by atoms with Crippen LogP contribution in [-0.4, -0.2) is 11.0 Å². The maximum absolute atomic E-state index is 4.89. The molecule has 0 bridgehead atoms. The molecule has 3 heterocycles. The molecule has 2 aromatic rings. The quantitative estimate of drug-likeness (QED) is 0.804. The number of para-hydroxylation sites is 1. The molecule has 1 atom stereocenters. The molecule has 3 aliphatic rings. The molecule has 5 rings (SSSR count). The Morgan fingerprint density at radius 3 is 3.00 bits per heavy atom. The minimum Gasteiger partial charge on any atom is -0.374 e. The number of benzene rings is 1. The third-order valence-corrected chi connectivity index (χ3v) is 4.34. The van der Waals surface area contributed by atoms with E-state index in [-0.39, 0.29) is 6.04 Å². The maximum Gasteiger partial charge on any atom is 0.0779 e. The van der Waals surface area contributed by atoms with Crippen LogP contribution in [0.15, 0.2) is 83.3 Å². The summed E-state index contributed by atoms with van der Waals surface area (Å²) in [5.41, 5.74) is 5.79. The lowest BCUT2D eigenvalue weighted by atomic mass is 9.95. The number of allylic oxidation sites excluding steroid dienone is 3. The molecule has 1 aromatic carbocycles. The van der Waals surface area contributed by atoms with E-state index in [4.69, 9.17) is 4.99 Å². The number of rotatable bonds is 0. The first-order valence-electron chi connectivity index (χ1n) is 7.40. The topological polar surface area (TPSA) is 37.3 Å². The van der Waals surface area contributed by atoms with Crippen LogP contribution in [-0.2, 0) is 0 Å². The number of nitrogens with one attached hydrogen (secondary N) is 1. The average molecular weight is 283 g/mol. The van der Waals surface area contributed by atoms with Gasteiger partial charge in [-0.1, -0.05) is 42.5 Å². The van der Waals surface area contributed by atoms with Crippen LogP contribution in [0, 0.1) is 0 Å². The predicted octanol–water partition coefficient (Wildman–Crippen LogP) is 2.09. The molecule has 0 fully saturated rings. The van der Waals surface area contributed by atoms with Crippen molar-refractivity contribution in [3.63, 3.8) is 0 Å². The fourth-order valence-electron chi connectivity index (χ4n) is 3.35. The largest absolute Gasteiger partial charge is 0.374 e. The van der Waals surface area contributed by atoms with Gasteiger partial charge in [0.25, 0.3) is 0 Å². The molecule has 1 N–H and O–H groups in total. The van der Waals surface area contributed by atoms with Gasteiger partial charge in [0.2, 0.25) is 0 Å². The molecule has 3 nitrogen and oxygen atoms in total. The van der Waals surface area contributed by atoms with Crippen molar-refractivity contribution in [3.8, 4) is 0 Å². The van der Waals surface area contributed by atoms with E-state index in [1.165, 1.54) is 16.7 Å². The van der Waals surface area contributed by atoms with Gasteiger partial charge in [-0.15, -0.1) is 0 Å². The van der Waals surface area contributed by atoms with Gasteiger partial charge in [-0.05, 0) is 12.1 Å². The van der Waals surface area contributed by atoms with E-state index < -0.39 is 0 Å². The lowest BCUT2D eigenvalue weighted by Crippen LogP contribution is -2.23. The number of anilines is 1. The minimum atomic E-state index is 0.157. The van der Waals surface area contributed by atoms with Crippen molar-refractivity contribution in [2.75, 3.05) is 5.32 Å². The van der Waals surface area contributed by atoms with Gasteiger partial charge in [0.1, 0.15) is 0 Å². The first kappa shape index (κ1) is 11.7. The number of hydrogen-bond acceptors (Lipinski definition) is 3. The van der Waals surface area contributed by atoms with Gasteiger partial charge in [0, 0.05) is 40.0 Å². The van der Waals surface area contributed by atoms with Gasteiger partial charge < -0.3 is 5.32 Å². The zero-order chi connectivity index (χ0) is 14.5. The van der Waals surface area contributed by atoms with Gasteiger partial charge in [-0.3, -0.25) is 4.98 Å².